The number of aromatic nitrogens is 7. The summed E-state index contributed by atoms with van der Waals surface area (Å²) in [6.45, 7) is 4.56. The minimum Gasteiger partial charge on any atom is -0.297 e. The summed E-state index contributed by atoms with van der Waals surface area (Å²) in [6, 6.07) is 18.0. The zero-order valence-electron chi connectivity index (χ0n) is 20.4. The second-order valence-corrected chi connectivity index (χ2v) is 9.05. The number of carbonyl (C=O) groups excluding carboxylic acids is 1. The highest BCUT2D eigenvalue weighted by molar-refractivity contribution is 5.99. The van der Waals surface area contributed by atoms with Gasteiger partial charge < -0.3 is 0 Å². The number of rotatable bonds is 6. The summed E-state index contributed by atoms with van der Waals surface area (Å²) in [4.78, 5) is 22.6. The van der Waals surface area contributed by atoms with Crippen LogP contribution in [0, 0.1) is 13.8 Å². The van der Waals surface area contributed by atoms with Crippen LogP contribution in [0.4, 0.5) is 0 Å². The lowest BCUT2D eigenvalue weighted by molar-refractivity contribution is 0.0987. The first-order valence-electron chi connectivity index (χ1n) is 11.8. The molecule has 178 valence electrons. The lowest BCUT2D eigenvalue weighted by Gasteiger charge is -2.07. The Kier molecular flexibility index (Phi) is 5.21. The summed E-state index contributed by atoms with van der Waals surface area (Å²) < 4.78 is 5.63. The third kappa shape index (κ3) is 3.76. The molecule has 6 aromatic rings. The van der Waals surface area contributed by atoms with Crippen LogP contribution in [0.2, 0.25) is 0 Å². The van der Waals surface area contributed by atoms with Gasteiger partial charge in [-0.05, 0) is 55.8 Å². The number of hydrogen-bond donors (Lipinski definition) is 0. The van der Waals surface area contributed by atoms with Gasteiger partial charge in [0, 0.05) is 42.5 Å². The van der Waals surface area contributed by atoms with Gasteiger partial charge in [0.1, 0.15) is 11.3 Å². The third-order valence-electron chi connectivity index (χ3n) is 6.56. The van der Waals surface area contributed by atoms with Gasteiger partial charge in [-0.15, -0.1) is 0 Å². The summed E-state index contributed by atoms with van der Waals surface area (Å²) in [7, 11) is 1.90. The van der Waals surface area contributed by atoms with Gasteiger partial charge in [0.05, 0.1) is 35.3 Å². The van der Waals surface area contributed by atoms with E-state index in [1.165, 1.54) is 0 Å². The van der Waals surface area contributed by atoms with Gasteiger partial charge in [-0.25, -0.2) is 4.98 Å². The number of nitrogens with zero attached hydrogens (tertiary/aromatic N) is 7. The first-order chi connectivity index (χ1) is 17.5. The second kappa shape index (κ2) is 8.57. The number of hydrogen-bond acceptors (Lipinski definition) is 5. The standard InChI is InChI=1S/C28H25N7O/c1-18-6-4-8-22(31-18)17-35-24-9-5-7-21(28(24)19(2)32-35)14-26(36)25-16-29-27-15-20(11-13-34(25)27)23-10-12-30-33(23)3/h4-13,15-16H,14,17H2,1-3H3. The molecule has 8 nitrogen and oxygen atoms in total. The largest absolute Gasteiger partial charge is 0.297 e. The van der Waals surface area contributed by atoms with Crippen molar-refractivity contribution in [3.63, 3.8) is 0 Å². The zero-order chi connectivity index (χ0) is 24.8. The molecular weight excluding hydrogens is 450 g/mol. The van der Waals surface area contributed by atoms with Crippen LogP contribution in [0.25, 0.3) is 27.8 Å². The van der Waals surface area contributed by atoms with Crippen molar-refractivity contribution in [3.8, 4) is 11.3 Å². The van der Waals surface area contributed by atoms with Crippen LogP contribution in [0.5, 0.6) is 0 Å². The van der Waals surface area contributed by atoms with Crippen molar-refractivity contribution in [2.24, 2.45) is 7.05 Å². The number of aryl methyl sites for hydroxylation is 3. The fourth-order valence-corrected chi connectivity index (χ4v) is 4.88. The molecule has 36 heavy (non-hydrogen) atoms. The number of Topliss-reactive ketones (excluding diaryl/α,β-unsaturated/α-hetero) is 1. The molecule has 0 aliphatic heterocycles. The van der Waals surface area contributed by atoms with E-state index in [0.29, 0.717) is 12.2 Å². The van der Waals surface area contributed by atoms with E-state index in [-0.39, 0.29) is 12.2 Å². The highest BCUT2D eigenvalue weighted by Gasteiger charge is 2.18. The first-order valence-corrected chi connectivity index (χ1v) is 11.8. The van der Waals surface area contributed by atoms with E-state index in [4.69, 9.17) is 5.10 Å². The lowest BCUT2D eigenvalue weighted by Crippen LogP contribution is -2.08. The highest BCUT2D eigenvalue weighted by atomic mass is 16.1. The molecule has 0 bridgehead atoms. The molecule has 0 unspecified atom stereocenters. The van der Waals surface area contributed by atoms with E-state index in [0.717, 1.165) is 50.5 Å². The smallest absolute Gasteiger partial charge is 0.185 e. The quantitative estimate of drug-likeness (QED) is 0.330. The van der Waals surface area contributed by atoms with Gasteiger partial charge in [0.25, 0.3) is 0 Å². The van der Waals surface area contributed by atoms with Crippen LogP contribution in [0.3, 0.4) is 0 Å². The Hall–Kier alpha value is -4.59. The van der Waals surface area contributed by atoms with E-state index in [9.17, 15) is 4.79 Å². The van der Waals surface area contributed by atoms with Gasteiger partial charge in [-0.3, -0.25) is 23.5 Å². The number of imidazole rings is 1. The van der Waals surface area contributed by atoms with E-state index in [1.807, 2.05) is 95.5 Å². The maximum absolute atomic E-state index is 13.4. The van der Waals surface area contributed by atoms with Crippen LogP contribution in [0.1, 0.15) is 33.1 Å². The molecule has 6 rings (SSSR count). The van der Waals surface area contributed by atoms with Gasteiger partial charge in [0.2, 0.25) is 0 Å². The Morgan fingerprint density at radius 3 is 2.69 bits per heavy atom. The highest BCUT2D eigenvalue weighted by Crippen LogP contribution is 2.26. The van der Waals surface area contributed by atoms with Crippen LogP contribution in [-0.2, 0) is 20.0 Å². The molecule has 5 heterocycles. The Balaban J connectivity index is 1.32. The minimum absolute atomic E-state index is 0.00999. The average Bonchev–Trinajstić information content (AvgIpc) is 3.56. The molecule has 0 radical (unpaired) electrons. The molecule has 8 heteroatoms. The number of fused-ring (bicyclic) bond motifs is 2. The van der Waals surface area contributed by atoms with Gasteiger partial charge in [-0.1, -0.05) is 18.2 Å². The molecule has 0 saturated carbocycles. The maximum Gasteiger partial charge on any atom is 0.185 e. The molecule has 0 saturated heterocycles. The Labute approximate surface area is 207 Å². The molecule has 0 fully saturated rings. The normalized spacial score (nSPS) is 11.5. The summed E-state index contributed by atoms with van der Waals surface area (Å²) in [5.41, 5.74) is 8.08. The van der Waals surface area contributed by atoms with Crippen molar-refractivity contribution in [2.45, 2.75) is 26.8 Å². The van der Waals surface area contributed by atoms with E-state index < -0.39 is 0 Å². The molecular formula is C28H25N7O. The second-order valence-electron chi connectivity index (χ2n) is 9.05. The van der Waals surface area contributed by atoms with E-state index in [1.54, 1.807) is 12.4 Å². The Morgan fingerprint density at radius 2 is 1.89 bits per heavy atom. The topological polar surface area (TPSA) is 82.9 Å². The predicted octanol–water partition coefficient (Wildman–Crippen LogP) is 4.57. The molecule has 0 spiro atoms. The monoisotopic (exact) mass is 475 g/mol. The number of ketones is 1. The van der Waals surface area contributed by atoms with Crippen molar-refractivity contribution in [3.05, 3.63) is 102 Å². The molecule has 0 aliphatic carbocycles. The molecule has 0 amide bonds. The van der Waals surface area contributed by atoms with E-state index >= 15 is 0 Å². The van der Waals surface area contributed by atoms with Crippen molar-refractivity contribution in [1.29, 1.82) is 0 Å². The lowest BCUT2D eigenvalue weighted by atomic mass is 10.0. The maximum atomic E-state index is 13.4. The van der Waals surface area contributed by atoms with Crippen LogP contribution in [-0.4, -0.2) is 39.7 Å². The van der Waals surface area contributed by atoms with Crippen LogP contribution < -0.4 is 0 Å². The van der Waals surface area contributed by atoms with E-state index in [2.05, 4.69) is 15.1 Å². The number of carbonyl (C=O) groups is 1. The molecule has 0 atom stereocenters. The third-order valence-corrected chi connectivity index (χ3v) is 6.56. The van der Waals surface area contributed by atoms with Crippen molar-refractivity contribution >= 4 is 22.3 Å². The summed E-state index contributed by atoms with van der Waals surface area (Å²) in [6.07, 6.45) is 5.59. The molecule has 0 N–H and O–H groups in total. The summed E-state index contributed by atoms with van der Waals surface area (Å²) >= 11 is 0. The fourth-order valence-electron chi connectivity index (χ4n) is 4.88. The fraction of sp³-hybridized carbons (Fsp3) is 0.179. The average molecular weight is 476 g/mol. The number of pyridine rings is 2. The predicted molar refractivity (Wildman–Crippen MR) is 138 cm³/mol. The molecule has 5 aromatic heterocycles. The van der Waals surface area contributed by atoms with Crippen molar-refractivity contribution in [1.82, 2.24) is 33.9 Å². The van der Waals surface area contributed by atoms with Crippen molar-refractivity contribution < 1.29 is 4.79 Å². The first kappa shape index (κ1) is 21.9. The van der Waals surface area contributed by atoms with Crippen molar-refractivity contribution in [2.75, 3.05) is 0 Å². The van der Waals surface area contributed by atoms with Crippen LogP contribution in [0.15, 0.2) is 73.2 Å². The Morgan fingerprint density at radius 1 is 1.03 bits per heavy atom. The van der Waals surface area contributed by atoms with Crippen LogP contribution >= 0.6 is 0 Å². The minimum atomic E-state index is 0.00999. The van der Waals surface area contributed by atoms with Gasteiger partial charge in [0.15, 0.2) is 5.78 Å². The zero-order valence-corrected chi connectivity index (χ0v) is 20.4. The Bertz CT molecular complexity index is 1750. The summed E-state index contributed by atoms with van der Waals surface area (Å²) in [5, 5.41) is 10.0. The van der Waals surface area contributed by atoms with Gasteiger partial charge in [-0.2, -0.15) is 10.2 Å². The summed E-state index contributed by atoms with van der Waals surface area (Å²) in [5.74, 6) is 0.00999. The number of benzene rings is 1. The molecule has 0 aliphatic rings. The van der Waals surface area contributed by atoms with Gasteiger partial charge >= 0.3 is 0 Å². The molecule has 1 aromatic carbocycles. The SMILES string of the molecule is Cc1cccc(Cn2nc(C)c3c(CC(=O)c4cnc5cc(-c6ccnn6C)ccn45)cccc32)n1.